The average Bonchev–Trinajstić information content (AvgIpc) is 2.54. The number of carbonyl (C=O) groups is 1. The fourth-order valence-corrected chi connectivity index (χ4v) is 3.06. The summed E-state index contributed by atoms with van der Waals surface area (Å²) in [5.74, 6) is -1.06. The van der Waals surface area contributed by atoms with Crippen LogP contribution in [0.3, 0.4) is 0 Å². The van der Waals surface area contributed by atoms with Crippen molar-refractivity contribution in [3.63, 3.8) is 0 Å². The summed E-state index contributed by atoms with van der Waals surface area (Å²) in [6, 6.07) is 12.0. The standard InChI is InChI=1S/C19H18FN3O/c1-11-6-7-12-8-9-13(18(24)23-19(21)22)10-15(12)17(11)14-4-2-3-5-16(14)20/h2-5,8-10H,6-7H2,1H3,(H4,21,22,23,24). The first-order valence-corrected chi connectivity index (χ1v) is 7.69. The highest BCUT2D eigenvalue weighted by molar-refractivity contribution is 6.03. The van der Waals surface area contributed by atoms with E-state index < -0.39 is 5.91 Å². The SMILES string of the molecule is CC1=C(c2ccccc2F)c2cc(C(=O)N=C(N)N)ccc2CC1. The Morgan fingerprint density at radius 3 is 2.54 bits per heavy atom. The van der Waals surface area contributed by atoms with E-state index in [1.807, 2.05) is 13.0 Å². The number of fused-ring (bicyclic) bond motifs is 1. The summed E-state index contributed by atoms with van der Waals surface area (Å²) in [4.78, 5) is 15.7. The van der Waals surface area contributed by atoms with Gasteiger partial charge in [0.2, 0.25) is 0 Å². The summed E-state index contributed by atoms with van der Waals surface area (Å²) >= 11 is 0. The van der Waals surface area contributed by atoms with Gasteiger partial charge in [-0.25, -0.2) is 4.39 Å². The molecule has 0 saturated heterocycles. The Kier molecular flexibility index (Phi) is 4.16. The largest absolute Gasteiger partial charge is 0.370 e. The minimum Gasteiger partial charge on any atom is -0.370 e. The van der Waals surface area contributed by atoms with Crippen LogP contribution in [0.5, 0.6) is 0 Å². The van der Waals surface area contributed by atoms with Crippen molar-refractivity contribution in [2.45, 2.75) is 19.8 Å². The predicted octanol–water partition coefficient (Wildman–Crippen LogP) is 3.01. The Hall–Kier alpha value is -2.95. The maximum absolute atomic E-state index is 14.3. The zero-order valence-electron chi connectivity index (χ0n) is 13.3. The zero-order valence-corrected chi connectivity index (χ0v) is 13.3. The Morgan fingerprint density at radius 2 is 1.83 bits per heavy atom. The Balaban J connectivity index is 2.16. The van der Waals surface area contributed by atoms with Crippen LogP contribution in [0.2, 0.25) is 0 Å². The fourth-order valence-electron chi connectivity index (χ4n) is 3.06. The van der Waals surface area contributed by atoms with Crippen LogP contribution in [-0.2, 0) is 6.42 Å². The number of carbonyl (C=O) groups excluding carboxylic acids is 1. The van der Waals surface area contributed by atoms with Gasteiger partial charge in [0.15, 0.2) is 5.96 Å². The molecule has 2 aromatic carbocycles. The van der Waals surface area contributed by atoms with Crippen LogP contribution in [0.15, 0.2) is 53.0 Å². The first-order valence-electron chi connectivity index (χ1n) is 7.69. The molecule has 2 aromatic rings. The van der Waals surface area contributed by atoms with E-state index in [1.165, 1.54) is 6.07 Å². The van der Waals surface area contributed by atoms with Crippen molar-refractivity contribution in [1.29, 1.82) is 0 Å². The summed E-state index contributed by atoms with van der Waals surface area (Å²) in [5.41, 5.74) is 15.4. The number of allylic oxidation sites excluding steroid dienone is 1. The number of guanidine groups is 1. The molecule has 4 nitrogen and oxygen atoms in total. The van der Waals surface area contributed by atoms with E-state index in [2.05, 4.69) is 4.99 Å². The smallest absolute Gasteiger partial charge is 0.280 e. The van der Waals surface area contributed by atoms with E-state index >= 15 is 0 Å². The minimum absolute atomic E-state index is 0.277. The molecule has 0 spiro atoms. The van der Waals surface area contributed by atoms with Crippen molar-refractivity contribution in [2.75, 3.05) is 0 Å². The lowest BCUT2D eigenvalue weighted by Crippen LogP contribution is -2.24. The topological polar surface area (TPSA) is 81.5 Å². The van der Waals surface area contributed by atoms with Gasteiger partial charge in [0.1, 0.15) is 5.82 Å². The molecule has 1 aliphatic rings. The van der Waals surface area contributed by atoms with E-state index in [1.54, 1.807) is 30.3 Å². The van der Waals surface area contributed by atoms with Crippen LogP contribution in [0, 0.1) is 5.82 Å². The fraction of sp³-hybridized carbons (Fsp3) is 0.158. The normalized spacial score (nSPS) is 13.4. The van der Waals surface area contributed by atoms with Crippen molar-refractivity contribution in [3.05, 3.63) is 76.1 Å². The van der Waals surface area contributed by atoms with Crippen LogP contribution < -0.4 is 11.5 Å². The molecule has 0 aliphatic heterocycles. The second-order valence-electron chi connectivity index (χ2n) is 5.85. The zero-order chi connectivity index (χ0) is 17.3. The molecule has 0 heterocycles. The number of nitrogens with zero attached hydrogens (tertiary/aromatic N) is 1. The van der Waals surface area contributed by atoms with Gasteiger partial charge in [-0.2, -0.15) is 4.99 Å². The van der Waals surface area contributed by atoms with Crippen LogP contribution in [0.25, 0.3) is 5.57 Å². The van der Waals surface area contributed by atoms with Gasteiger partial charge >= 0.3 is 0 Å². The second-order valence-corrected chi connectivity index (χ2v) is 5.85. The monoisotopic (exact) mass is 323 g/mol. The summed E-state index contributed by atoms with van der Waals surface area (Å²) in [5, 5.41) is 0. The van der Waals surface area contributed by atoms with Crippen molar-refractivity contribution >= 4 is 17.4 Å². The second kappa shape index (κ2) is 6.28. The maximum Gasteiger partial charge on any atom is 0.280 e. The van der Waals surface area contributed by atoms with Gasteiger partial charge < -0.3 is 11.5 Å². The molecule has 4 N–H and O–H groups in total. The third-order valence-electron chi connectivity index (χ3n) is 4.20. The number of hydrogen-bond acceptors (Lipinski definition) is 1. The van der Waals surface area contributed by atoms with Crippen molar-refractivity contribution in [3.8, 4) is 0 Å². The molecule has 0 bridgehead atoms. The number of halogens is 1. The minimum atomic E-state index is -0.506. The number of nitrogens with two attached hydrogens (primary N) is 2. The highest BCUT2D eigenvalue weighted by Crippen LogP contribution is 2.37. The summed E-state index contributed by atoms with van der Waals surface area (Å²) in [6.45, 7) is 2.00. The summed E-state index contributed by atoms with van der Waals surface area (Å²) in [7, 11) is 0. The molecule has 1 amide bonds. The Labute approximate surface area is 139 Å². The number of aryl methyl sites for hydroxylation is 1. The van der Waals surface area contributed by atoms with E-state index in [9.17, 15) is 9.18 Å². The van der Waals surface area contributed by atoms with Gasteiger partial charge in [0.05, 0.1) is 0 Å². The molecule has 0 saturated carbocycles. The molecule has 1 aliphatic carbocycles. The van der Waals surface area contributed by atoms with E-state index in [4.69, 9.17) is 11.5 Å². The lowest BCUT2D eigenvalue weighted by atomic mass is 9.82. The number of benzene rings is 2. The summed E-state index contributed by atoms with van der Waals surface area (Å²) < 4.78 is 14.3. The van der Waals surface area contributed by atoms with E-state index in [0.717, 1.165) is 35.1 Å². The van der Waals surface area contributed by atoms with Crippen LogP contribution in [0.4, 0.5) is 4.39 Å². The third-order valence-corrected chi connectivity index (χ3v) is 4.20. The van der Waals surface area contributed by atoms with Crippen molar-refractivity contribution < 1.29 is 9.18 Å². The Bertz CT molecular complexity index is 880. The molecular formula is C19H18FN3O. The molecular weight excluding hydrogens is 305 g/mol. The number of rotatable bonds is 2. The van der Waals surface area contributed by atoms with Crippen molar-refractivity contribution in [2.24, 2.45) is 16.5 Å². The molecule has 0 atom stereocenters. The number of hydrogen-bond donors (Lipinski definition) is 2. The first kappa shape index (κ1) is 15.9. The molecule has 5 heteroatoms. The van der Waals surface area contributed by atoms with Crippen LogP contribution in [0.1, 0.15) is 40.4 Å². The van der Waals surface area contributed by atoms with Crippen molar-refractivity contribution in [1.82, 2.24) is 0 Å². The third kappa shape index (κ3) is 2.93. The van der Waals surface area contributed by atoms with Gasteiger partial charge in [-0.1, -0.05) is 29.8 Å². The molecule has 24 heavy (non-hydrogen) atoms. The predicted molar refractivity (Wildman–Crippen MR) is 93.0 cm³/mol. The van der Waals surface area contributed by atoms with E-state index in [-0.39, 0.29) is 11.8 Å². The lowest BCUT2D eigenvalue weighted by molar-refractivity contribution is 0.100. The maximum atomic E-state index is 14.3. The quantitative estimate of drug-likeness (QED) is 0.658. The van der Waals surface area contributed by atoms with Gasteiger partial charge in [-0.05, 0) is 54.7 Å². The number of amides is 1. The van der Waals surface area contributed by atoms with Gasteiger partial charge in [0.25, 0.3) is 5.91 Å². The van der Waals surface area contributed by atoms with Crippen LogP contribution in [-0.4, -0.2) is 11.9 Å². The highest BCUT2D eigenvalue weighted by atomic mass is 19.1. The first-order chi connectivity index (χ1) is 11.5. The van der Waals surface area contributed by atoms with E-state index in [0.29, 0.717) is 11.1 Å². The van der Waals surface area contributed by atoms with Gasteiger partial charge in [-0.3, -0.25) is 4.79 Å². The van der Waals surface area contributed by atoms with Gasteiger partial charge in [-0.15, -0.1) is 0 Å². The lowest BCUT2D eigenvalue weighted by Gasteiger charge is -2.23. The molecule has 0 fully saturated rings. The van der Waals surface area contributed by atoms with Crippen LogP contribution >= 0.6 is 0 Å². The average molecular weight is 323 g/mol. The Morgan fingerprint density at radius 1 is 1.08 bits per heavy atom. The highest BCUT2D eigenvalue weighted by Gasteiger charge is 2.21. The molecule has 122 valence electrons. The number of aliphatic imine (C=N–C) groups is 1. The van der Waals surface area contributed by atoms with Gasteiger partial charge in [0, 0.05) is 11.1 Å². The molecule has 0 radical (unpaired) electrons. The molecule has 0 aromatic heterocycles. The molecule has 0 unspecified atom stereocenters. The molecule has 3 rings (SSSR count). The summed E-state index contributed by atoms with van der Waals surface area (Å²) in [6.07, 6.45) is 1.72.